The molecule has 8 heteroatoms. The fourth-order valence-corrected chi connectivity index (χ4v) is 3.12. The molecule has 0 unspecified atom stereocenters. The van der Waals surface area contributed by atoms with Crippen LogP contribution in [0.15, 0.2) is 36.4 Å². The molecule has 3 aromatic rings. The van der Waals surface area contributed by atoms with Crippen LogP contribution in [0.5, 0.6) is 0 Å². The quantitative estimate of drug-likeness (QED) is 0.574. The van der Waals surface area contributed by atoms with Crippen molar-refractivity contribution < 1.29 is 4.79 Å². The Hall–Kier alpha value is -2.51. The Morgan fingerprint density at radius 2 is 1.82 bits per heavy atom. The molecule has 0 aliphatic heterocycles. The average Bonchev–Trinajstić information content (AvgIpc) is 3.09. The van der Waals surface area contributed by atoms with Crippen LogP contribution in [0.25, 0.3) is 16.7 Å². The highest BCUT2D eigenvalue weighted by atomic mass is 35.5. The van der Waals surface area contributed by atoms with E-state index in [2.05, 4.69) is 39.9 Å². The van der Waals surface area contributed by atoms with Crippen molar-refractivity contribution in [2.24, 2.45) is 0 Å². The highest BCUT2D eigenvalue weighted by molar-refractivity contribution is 7.80. The summed E-state index contributed by atoms with van der Waals surface area (Å²) in [4.78, 5) is 13.0. The van der Waals surface area contributed by atoms with E-state index in [1.54, 1.807) is 23.9 Å². The fraction of sp³-hybridized carbons (Fsp3) is 0.300. The summed E-state index contributed by atoms with van der Waals surface area (Å²) in [7, 11) is 0. The zero-order valence-electron chi connectivity index (χ0n) is 15.8. The normalized spacial score (nSPS) is 10.8. The molecule has 1 aromatic heterocycles. The average molecular weight is 416 g/mol. The summed E-state index contributed by atoms with van der Waals surface area (Å²) in [5.74, 6) is -0.164. The largest absolute Gasteiger partial charge is 0.331 e. The summed E-state index contributed by atoms with van der Waals surface area (Å²) >= 11 is 11.5. The number of nitrogens with zero attached hydrogens (tertiary/aromatic N) is 3. The molecule has 0 saturated heterocycles. The maximum atomic E-state index is 11.5. The molecule has 2 N–H and O–H groups in total. The van der Waals surface area contributed by atoms with Gasteiger partial charge in [-0.25, -0.2) is 0 Å². The number of carbonyl (C=O) groups is 1. The molecule has 1 heterocycles. The Balaban J connectivity index is 1.81. The van der Waals surface area contributed by atoms with Crippen LogP contribution in [0.1, 0.15) is 38.7 Å². The highest BCUT2D eigenvalue weighted by Crippen LogP contribution is 2.27. The number of aryl methyl sites for hydroxylation is 1. The van der Waals surface area contributed by atoms with Gasteiger partial charge in [-0.05, 0) is 54.9 Å². The van der Waals surface area contributed by atoms with Gasteiger partial charge in [0.2, 0.25) is 5.91 Å². The number of anilines is 1. The van der Waals surface area contributed by atoms with Crippen LogP contribution in [0.2, 0.25) is 5.02 Å². The van der Waals surface area contributed by atoms with Gasteiger partial charge in [-0.3, -0.25) is 4.79 Å². The lowest BCUT2D eigenvalue weighted by Gasteiger charge is -2.09. The topological polar surface area (TPSA) is 71.8 Å². The lowest BCUT2D eigenvalue weighted by Crippen LogP contribution is -2.33. The van der Waals surface area contributed by atoms with E-state index >= 15 is 0 Å². The maximum absolute atomic E-state index is 11.5. The van der Waals surface area contributed by atoms with Crippen LogP contribution in [0, 0.1) is 0 Å². The second-order valence-corrected chi connectivity index (χ2v) is 7.25. The molecule has 28 heavy (non-hydrogen) atoms. The van der Waals surface area contributed by atoms with Gasteiger partial charge >= 0.3 is 0 Å². The maximum Gasteiger partial charge on any atom is 0.225 e. The Kier molecular flexibility index (Phi) is 6.59. The number of hydrogen-bond acceptors (Lipinski definition) is 4. The van der Waals surface area contributed by atoms with Gasteiger partial charge in [0.05, 0.1) is 16.4 Å². The van der Waals surface area contributed by atoms with E-state index in [-0.39, 0.29) is 11.0 Å². The summed E-state index contributed by atoms with van der Waals surface area (Å²) in [5.41, 5.74) is 4.10. The number of fused-ring (bicyclic) bond motifs is 1. The number of amides is 1. The molecule has 0 spiro atoms. The van der Waals surface area contributed by atoms with E-state index in [9.17, 15) is 4.79 Å². The van der Waals surface area contributed by atoms with Gasteiger partial charge in [-0.15, -0.1) is 10.2 Å². The monoisotopic (exact) mass is 415 g/mol. The first-order valence-electron chi connectivity index (χ1n) is 9.27. The van der Waals surface area contributed by atoms with Crippen molar-refractivity contribution in [3.8, 4) is 5.69 Å². The smallest absolute Gasteiger partial charge is 0.225 e. The number of nitrogens with one attached hydrogen (secondary N) is 2. The number of carbonyl (C=O) groups excluding carboxylic acids is 1. The summed E-state index contributed by atoms with van der Waals surface area (Å²) < 4.78 is 0. The molecule has 1 amide bonds. The molecule has 0 bridgehead atoms. The van der Waals surface area contributed by atoms with E-state index in [0.29, 0.717) is 28.2 Å². The number of hydrogen-bond donors (Lipinski definition) is 2. The molecule has 0 radical (unpaired) electrons. The molecule has 6 nitrogen and oxygen atoms in total. The first kappa shape index (κ1) is 20.2. The Morgan fingerprint density at radius 3 is 2.46 bits per heavy atom. The summed E-state index contributed by atoms with van der Waals surface area (Å²) in [6.07, 6.45) is 3.78. The summed E-state index contributed by atoms with van der Waals surface area (Å²) in [6, 6.07) is 11.7. The lowest BCUT2D eigenvalue weighted by molar-refractivity contribution is -0.119. The second-order valence-electron chi connectivity index (χ2n) is 6.44. The van der Waals surface area contributed by atoms with Gasteiger partial charge < -0.3 is 10.6 Å². The van der Waals surface area contributed by atoms with E-state index in [1.165, 1.54) is 18.4 Å². The molecular formula is C20H22ClN5OS. The van der Waals surface area contributed by atoms with Gasteiger partial charge in [-0.1, -0.05) is 44.0 Å². The first-order valence-corrected chi connectivity index (χ1v) is 10.1. The van der Waals surface area contributed by atoms with Crippen LogP contribution in [-0.2, 0) is 11.2 Å². The molecule has 0 atom stereocenters. The van der Waals surface area contributed by atoms with Crippen molar-refractivity contribution in [3.05, 3.63) is 47.0 Å². The number of halogens is 1. The van der Waals surface area contributed by atoms with Gasteiger partial charge in [0.1, 0.15) is 11.0 Å². The molecule has 0 aliphatic carbocycles. The van der Waals surface area contributed by atoms with Crippen molar-refractivity contribution in [1.82, 2.24) is 20.3 Å². The number of benzene rings is 2. The fourth-order valence-electron chi connectivity index (χ4n) is 2.69. The van der Waals surface area contributed by atoms with Gasteiger partial charge in [0.15, 0.2) is 5.11 Å². The third-order valence-electron chi connectivity index (χ3n) is 4.28. The van der Waals surface area contributed by atoms with E-state index in [0.717, 1.165) is 12.1 Å². The minimum absolute atomic E-state index is 0.164. The van der Waals surface area contributed by atoms with Crippen LogP contribution in [-0.4, -0.2) is 26.0 Å². The van der Waals surface area contributed by atoms with Crippen LogP contribution < -0.4 is 10.6 Å². The predicted octanol–water partition coefficient (Wildman–Crippen LogP) is 4.64. The highest BCUT2D eigenvalue weighted by Gasteiger charge is 2.11. The van der Waals surface area contributed by atoms with Crippen LogP contribution >= 0.6 is 23.8 Å². The Labute approximate surface area is 174 Å². The summed E-state index contributed by atoms with van der Waals surface area (Å²) in [5, 5.41) is 15.2. The van der Waals surface area contributed by atoms with Crippen molar-refractivity contribution in [3.63, 3.8) is 0 Å². The zero-order chi connectivity index (χ0) is 20.1. The van der Waals surface area contributed by atoms with E-state index < -0.39 is 0 Å². The number of aromatic nitrogens is 3. The molecule has 2 aromatic carbocycles. The molecule has 0 saturated carbocycles. The molecule has 146 valence electrons. The lowest BCUT2D eigenvalue weighted by atomic mass is 10.1. The van der Waals surface area contributed by atoms with Crippen LogP contribution in [0.4, 0.5) is 5.69 Å². The SMILES string of the molecule is CCCCc1ccc(-n2nc3cc(Cl)c(NC(=S)NC(=O)CC)cc3n2)cc1. The van der Waals surface area contributed by atoms with Crippen molar-refractivity contribution >= 4 is 51.6 Å². The number of rotatable bonds is 6. The standard InChI is InChI=1S/C20H22ClN5OS/c1-3-5-6-13-7-9-14(10-8-13)26-24-17-11-15(21)16(12-18(17)25-26)22-20(28)23-19(27)4-2/h7-12H,3-6H2,1-2H3,(H2,22,23,27,28). The summed E-state index contributed by atoms with van der Waals surface area (Å²) in [6.45, 7) is 3.94. The molecule has 0 aliphatic rings. The van der Waals surface area contributed by atoms with E-state index in [1.807, 2.05) is 12.1 Å². The Bertz CT molecular complexity index is 1000. The van der Waals surface area contributed by atoms with Crippen molar-refractivity contribution in [2.75, 3.05) is 5.32 Å². The van der Waals surface area contributed by atoms with Crippen molar-refractivity contribution in [2.45, 2.75) is 39.5 Å². The number of unbranched alkanes of at least 4 members (excludes halogenated alkanes) is 1. The zero-order valence-corrected chi connectivity index (χ0v) is 17.4. The van der Waals surface area contributed by atoms with Gasteiger partial charge in [0, 0.05) is 6.42 Å². The third kappa shape index (κ3) is 4.85. The molecule has 3 rings (SSSR count). The predicted molar refractivity (Wildman–Crippen MR) is 117 cm³/mol. The van der Waals surface area contributed by atoms with Crippen molar-refractivity contribution in [1.29, 1.82) is 0 Å². The first-order chi connectivity index (χ1) is 13.5. The molecular weight excluding hydrogens is 394 g/mol. The van der Waals surface area contributed by atoms with Gasteiger partial charge in [-0.2, -0.15) is 4.80 Å². The third-order valence-corrected chi connectivity index (χ3v) is 4.79. The Morgan fingerprint density at radius 1 is 1.14 bits per heavy atom. The minimum Gasteiger partial charge on any atom is -0.331 e. The van der Waals surface area contributed by atoms with Gasteiger partial charge in [0.25, 0.3) is 0 Å². The van der Waals surface area contributed by atoms with E-state index in [4.69, 9.17) is 23.8 Å². The number of thiocarbonyl (C=S) groups is 1. The second kappa shape index (κ2) is 9.12. The minimum atomic E-state index is -0.164. The van der Waals surface area contributed by atoms with Crippen LogP contribution in [0.3, 0.4) is 0 Å². The molecule has 0 fully saturated rings.